The molecule has 3 unspecified atom stereocenters. The van der Waals surface area contributed by atoms with Gasteiger partial charge in [0.05, 0.1) is 36.7 Å². The number of hydrogen-bond donors (Lipinski definition) is 0. The molecule has 0 aromatic carbocycles. The van der Waals surface area contributed by atoms with Crippen molar-refractivity contribution in [1.29, 1.82) is 5.26 Å². The lowest BCUT2D eigenvalue weighted by molar-refractivity contribution is -0.0697. The summed E-state index contributed by atoms with van der Waals surface area (Å²) in [5, 5.41) is 8.54. The summed E-state index contributed by atoms with van der Waals surface area (Å²) in [6, 6.07) is 2.05. The number of ether oxygens (including phenoxy) is 2. The largest absolute Gasteiger partial charge is 0.350 e. The smallest absolute Gasteiger partial charge is 0.158 e. The molecule has 2 aliphatic heterocycles. The summed E-state index contributed by atoms with van der Waals surface area (Å²) in [5.74, 6) is 0.700. The third-order valence-corrected chi connectivity index (χ3v) is 5.10. The van der Waals surface area contributed by atoms with Crippen molar-refractivity contribution in [2.24, 2.45) is 5.92 Å². The molecule has 0 radical (unpaired) electrons. The Balaban J connectivity index is 1.80. The third-order valence-electron chi connectivity index (χ3n) is 3.21. The van der Waals surface area contributed by atoms with Crippen molar-refractivity contribution in [2.45, 2.75) is 38.1 Å². The van der Waals surface area contributed by atoms with Crippen LogP contribution in [-0.2, 0) is 19.3 Å². The standard InChI is InChI=1S/C11H17NO4S/c12-4-3-10-7-15-11(16-10)6-9-2-1-5-17(13,14)8-9/h9-11H,1-3,5-8H2. The van der Waals surface area contributed by atoms with E-state index in [9.17, 15) is 8.42 Å². The maximum atomic E-state index is 11.5. The van der Waals surface area contributed by atoms with E-state index >= 15 is 0 Å². The van der Waals surface area contributed by atoms with Crippen LogP contribution in [0.1, 0.15) is 25.7 Å². The Morgan fingerprint density at radius 3 is 2.94 bits per heavy atom. The van der Waals surface area contributed by atoms with Crippen LogP contribution in [0.15, 0.2) is 0 Å². The SMILES string of the molecule is N#CCC1COC(CC2CCCS(=O)(=O)C2)O1. The molecule has 0 spiro atoms. The van der Waals surface area contributed by atoms with E-state index in [1.54, 1.807) is 0 Å². The minimum Gasteiger partial charge on any atom is -0.350 e. The molecular formula is C11H17NO4S. The quantitative estimate of drug-likeness (QED) is 0.751. The van der Waals surface area contributed by atoms with Gasteiger partial charge in [0.2, 0.25) is 0 Å². The van der Waals surface area contributed by atoms with Gasteiger partial charge >= 0.3 is 0 Å². The maximum absolute atomic E-state index is 11.5. The summed E-state index contributed by atoms with van der Waals surface area (Å²) in [4.78, 5) is 0. The van der Waals surface area contributed by atoms with Gasteiger partial charge in [-0.05, 0) is 18.8 Å². The lowest BCUT2D eigenvalue weighted by Crippen LogP contribution is -2.28. The average Bonchev–Trinajstić information content (AvgIpc) is 2.64. The Labute approximate surface area is 102 Å². The number of nitrogens with zero attached hydrogens (tertiary/aromatic N) is 1. The summed E-state index contributed by atoms with van der Waals surface area (Å²) >= 11 is 0. The summed E-state index contributed by atoms with van der Waals surface area (Å²) < 4.78 is 33.9. The van der Waals surface area contributed by atoms with Crippen LogP contribution in [0.2, 0.25) is 0 Å². The molecule has 0 amide bonds. The summed E-state index contributed by atoms with van der Waals surface area (Å²) in [7, 11) is -2.86. The first kappa shape index (κ1) is 12.8. The minimum atomic E-state index is -2.86. The molecule has 5 nitrogen and oxygen atoms in total. The number of nitriles is 1. The van der Waals surface area contributed by atoms with Gasteiger partial charge in [-0.3, -0.25) is 0 Å². The van der Waals surface area contributed by atoms with E-state index in [4.69, 9.17) is 14.7 Å². The molecule has 96 valence electrons. The topological polar surface area (TPSA) is 76.4 Å². The Morgan fingerprint density at radius 2 is 2.24 bits per heavy atom. The van der Waals surface area contributed by atoms with Crippen molar-refractivity contribution in [3.05, 3.63) is 0 Å². The second-order valence-corrected chi connectivity index (χ2v) is 6.97. The van der Waals surface area contributed by atoms with Gasteiger partial charge in [-0.25, -0.2) is 8.42 Å². The minimum absolute atomic E-state index is 0.139. The zero-order valence-corrected chi connectivity index (χ0v) is 10.5. The van der Waals surface area contributed by atoms with Gasteiger partial charge in [0, 0.05) is 6.42 Å². The van der Waals surface area contributed by atoms with Crippen molar-refractivity contribution in [3.63, 3.8) is 0 Å². The second kappa shape index (κ2) is 5.34. The highest BCUT2D eigenvalue weighted by molar-refractivity contribution is 7.91. The molecule has 2 fully saturated rings. The van der Waals surface area contributed by atoms with Gasteiger partial charge in [0.1, 0.15) is 0 Å². The lowest BCUT2D eigenvalue weighted by atomic mass is 10.0. The molecule has 0 aromatic heterocycles. The molecule has 3 atom stereocenters. The highest BCUT2D eigenvalue weighted by Gasteiger charge is 2.31. The fourth-order valence-electron chi connectivity index (χ4n) is 2.42. The van der Waals surface area contributed by atoms with E-state index in [2.05, 4.69) is 0 Å². The van der Waals surface area contributed by atoms with E-state index < -0.39 is 9.84 Å². The molecular weight excluding hydrogens is 242 g/mol. The van der Waals surface area contributed by atoms with Crippen LogP contribution in [0.5, 0.6) is 0 Å². The van der Waals surface area contributed by atoms with Crippen molar-refractivity contribution in [2.75, 3.05) is 18.1 Å². The first-order chi connectivity index (χ1) is 8.09. The van der Waals surface area contributed by atoms with E-state index in [1.165, 1.54) is 0 Å². The summed E-state index contributed by atoms with van der Waals surface area (Å²) in [6.07, 6.45) is 2.14. The van der Waals surface area contributed by atoms with Crippen molar-refractivity contribution < 1.29 is 17.9 Å². The zero-order valence-electron chi connectivity index (χ0n) is 9.67. The molecule has 0 aromatic rings. The molecule has 2 heterocycles. The van der Waals surface area contributed by atoms with Crippen LogP contribution in [-0.4, -0.2) is 38.9 Å². The Bertz CT molecular complexity index is 400. The molecule has 0 N–H and O–H groups in total. The highest BCUT2D eigenvalue weighted by atomic mass is 32.2. The monoisotopic (exact) mass is 259 g/mol. The van der Waals surface area contributed by atoms with Crippen LogP contribution < -0.4 is 0 Å². The van der Waals surface area contributed by atoms with Crippen LogP contribution in [0.4, 0.5) is 0 Å². The maximum Gasteiger partial charge on any atom is 0.158 e. The van der Waals surface area contributed by atoms with Gasteiger partial charge < -0.3 is 9.47 Å². The third kappa shape index (κ3) is 3.66. The van der Waals surface area contributed by atoms with E-state index in [1.807, 2.05) is 6.07 Å². The van der Waals surface area contributed by atoms with Crippen molar-refractivity contribution in [1.82, 2.24) is 0 Å². The summed E-state index contributed by atoms with van der Waals surface area (Å²) in [6.45, 7) is 0.442. The number of sulfone groups is 1. The van der Waals surface area contributed by atoms with Gasteiger partial charge in [-0.2, -0.15) is 5.26 Å². The molecule has 2 saturated heterocycles. The fourth-order valence-corrected chi connectivity index (χ4v) is 4.21. The first-order valence-electron chi connectivity index (χ1n) is 5.93. The van der Waals surface area contributed by atoms with Crippen LogP contribution in [0.3, 0.4) is 0 Å². The molecule has 0 aliphatic carbocycles. The molecule has 0 saturated carbocycles. The Kier molecular flexibility index (Phi) is 4.02. The van der Waals surface area contributed by atoms with Crippen LogP contribution in [0, 0.1) is 17.2 Å². The number of rotatable bonds is 3. The van der Waals surface area contributed by atoms with Crippen LogP contribution in [0.25, 0.3) is 0 Å². The van der Waals surface area contributed by atoms with E-state index in [0.29, 0.717) is 25.2 Å². The number of hydrogen-bond acceptors (Lipinski definition) is 5. The predicted octanol–water partition coefficient (Wildman–Crippen LogP) is 0.856. The van der Waals surface area contributed by atoms with Gasteiger partial charge in [0.15, 0.2) is 16.1 Å². The molecule has 6 heteroatoms. The van der Waals surface area contributed by atoms with Crippen molar-refractivity contribution >= 4 is 9.84 Å². The van der Waals surface area contributed by atoms with Gasteiger partial charge in [-0.1, -0.05) is 0 Å². The molecule has 2 aliphatic rings. The normalized spacial score (nSPS) is 36.5. The lowest BCUT2D eigenvalue weighted by Gasteiger charge is -2.23. The van der Waals surface area contributed by atoms with E-state index in [0.717, 1.165) is 12.8 Å². The fraction of sp³-hybridized carbons (Fsp3) is 0.909. The zero-order chi connectivity index (χ0) is 12.3. The first-order valence-corrected chi connectivity index (χ1v) is 7.75. The second-order valence-electron chi connectivity index (χ2n) is 4.74. The Morgan fingerprint density at radius 1 is 1.41 bits per heavy atom. The summed E-state index contributed by atoms with van der Waals surface area (Å²) in [5.41, 5.74) is 0. The molecule has 0 bridgehead atoms. The van der Waals surface area contributed by atoms with Crippen LogP contribution >= 0.6 is 0 Å². The Hall–Kier alpha value is -0.640. The van der Waals surface area contributed by atoms with Gasteiger partial charge in [0.25, 0.3) is 0 Å². The molecule has 2 rings (SSSR count). The average molecular weight is 259 g/mol. The van der Waals surface area contributed by atoms with Gasteiger partial charge in [-0.15, -0.1) is 0 Å². The van der Waals surface area contributed by atoms with Crippen molar-refractivity contribution in [3.8, 4) is 6.07 Å². The predicted molar refractivity (Wildman–Crippen MR) is 60.8 cm³/mol. The molecule has 17 heavy (non-hydrogen) atoms. The van der Waals surface area contributed by atoms with E-state index in [-0.39, 0.29) is 24.1 Å². The highest BCUT2D eigenvalue weighted by Crippen LogP contribution is 2.27.